The van der Waals surface area contributed by atoms with Gasteiger partial charge in [-0.1, -0.05) is 17.0 Å². The van der Waals surface area contributed by atoms with Gasteiger partial charge in [-0.2, -0.15) is 0 Å². The van der Waals surface area contributed by atoms with Gasteiger partial charge in [-0.25, -0.2) is 4.98 Å². The van der Waals surface area contributed by atoms with Gasteiger partial charge in [0.25, 0.3) is 0 Å². The fourth-order valence-corrected chi connectivity index (χ4v) is 0.968. The Hall–Kier alpha value is -2.38. The standard InChI is InChI=1S/C9H10N6/c1-6-7(3-2-4-13-15-12)5-8(10)9(11)14-6/h5H,4,10H2,1H3,(H2,11,14). The zero-order valence-corrected chi connectivity index (χ0v) is 8.23. The lowest BCUT2D eigenvalue weighted by molar-refractivity contribution is 1.19. The van der Waals surface area contributed by atoms with Crippen molar-refractivity contribution < 1.29 is 0 Å². The fourth-order valence-electron chi connectivity index (χ4n) is 0.968. The number of hydrogen-bond acceptors (Lipinski definition) is 4. The van der Waals surface area contributed by atoms with Crippen LogP contribution >= 0.6 is 0 Å². The number of nitrogens with zero attached hydrogens (tertiary/aromatic N) is 4. The minimum absolute atomic E-state index is 0.125. The quantitative estimate of drug-likeness (QED) is 0.308. The van der Waals surface area contributed by atoms with Crippen molar-refractivity contribution in [2.24, 2.45) is 5.11 Å². The number of nitrogens with two attached hydrogens (primary N) is 2. The van der Waals surface area contributed by atoms with Crippen molar-refractivity contribution in [2.75, 3.05) is 18.0 Å². The Kier molecular flexibility index (Phi) is 3.38. The van der Waals surface area contributed by atoms with Gasteiger partial charge >= 0.3 is 0 Å². The maximum absolute atomic E-state index is 8.04. The Balaban J connectivity index is 2.98. The van der Waals surface area contributed by atoms with E-state index in [-0.39, 0.29) is 6.54 Å². The topological polar surface area (TPSA) is 114 Å². The summed E-state index contributed by atoms with van der Waals surface area (Å²) in [5, 5.41) is 3.29. The fraction of sp³-hybridized carbons (Fsp3) is 0.222. The van der Waals surface area contributed by atoms with Crippen molar-refractivity contribution in [3.05, 3.63) is 27.8 Å². The van der Waals surface area contributed by atoms with Crippen molar-refractivity contribution in [3.63, 3.8) is 0 Å². The van der Waals surface area contributed by atoms with Crippen LogP contribution in [0.4, 0.5) is 11.5 Å². The number of pyridine rings is 1. The summed E-state index contributed by atoms with van der Waals surface area (Å²) in [6.07, 6.45) is 0. The maximum Gasteiger partial charge on any atom is 0.146 e. The van der Waals surface area contributed by atoms with E-state index in [9.17, 15) is 0 Å². The molecule has 0 aliphatic rings. The van der Waals surface area contributed by atoms with E-state index >= 15 is 0 Å². The van der Waals surface area contributed by atoms with Crippen LogP contribution in [-0.4, -0.2) is 11.5 Å². The molecule has 0 aliphatic carbocycles. The van der Waals surface area contributed by atoms with Gasteiger partial charge in [0.15, 0.2) is 0 Å². The van der Waals surface area contributed by atoms with E-state index in [1.54, 1.807) is 13.0 Å². The number of aryl methyl sites for hydroxylation is 1. The predicted molar refractivity (Wildman–Crippen MR) is 58.7 cm³/mol. The molecule has 0 atom stereocenters. The van der Waals surface area contributed by atoms with Crippen LogP contribution in [0.2, 0.25) is 0 Å². The normalized spacial score (nSPS) is 8.60. The second kappa shape index (κ2) is 4.74. The second-order valence-electron chi connectivity index (χ2n) is 2.79. The zero-order valence-electron chi connectivity index (χ0n) is 8.23. The molecular weight excluding hydrogens is 192 g/mol. The van der Waals surface area contributed by atoms with Crippen molar-refractivity contribution >= 4 is 11.5 Å². The SMILES string of the molecule is Cc1nc(N)c(N)cc1C#CCN=[N+]=[N-]. The monoisotopic (exact) mass is 202 g/mol. The summed E-state index contributed by atoms with van der Waals surface area (Å²) >= 11 is 0. The van der Waals surface area contributed by atoms with Gasteiger partial charge in [0, 0.05) is 10.5 Å². The first-order valence-corrected chi connectivity index (χ1v) is 4.17. The summed E-state index contributed by atoms with van der Waals surface area (Å²) in [5.41, 5.74) is 20.9. The van der Waals surface area contributed by atoms with Crippen LogP contribution < -0.4 is 11.5 Å². The van der Waals surface area contributed by atoms with Crippen LogP contribution in [0.15, 0.2) is 11.2 Å². The molecule has 0 spiro atoms. The largest absolute Gasteiger partial charge is 0.396 e. The summed E-state index contributed by atoms with van der Waals surface area (Å²) < 4.78 is 0. The van der Waals surface area contributed by atoms with E-state index in [1.165, 1.54) is 0 Å². The maximum atomic E-state index is 8.04. The van der Waals surface area contributed by atoms with E-state index in [0.29, 0.717) is 22.8 Å². The first-order valence-electron chi connectivity index (χ1n) is 4.17. The van der Waals surface area contributed by atoms with E-state index in [4.69, 9.17) is 17.0 Å². The van der Waals surface area contributed by atoms with Gasteiger partial charge in [0.1, 0.15) is 5.82 Å². The lowest BCUT2D eigenvalue weighted by Crippen LogP contribution is -2.01. The summed E-state index contributed by atoms with van der Waals surface area (Å²) in [7, 11) is 0. The van der Waals surface area contributed by atoms with E-state index in [0.717, 1.165) is 0 Å². The highest BCUT2D eigenvalue weighted by atomic mass is 15.1. The van der Waals surface area contributed by atoms with Crippen molar-refractivity contribution in [1.82, 2.24) is 4.98 Å². The van der Waals surface area contributed by atoms with Crippen LogP contribution in [-0.2, 0) is 0 Å². The first-order chi connectivity index (χ1) is 7.15. The molecule has 0 aromatic carbocycles. The molecule has 6 nitrogen and oxygen atoms in total. The Labute approximate surface area is 86.9 Å². The molecule has 0 aliphatic heterocycles. The van der Waals surface area contributed by atoms with Crippen LogP contribution in [0, 0.1) is 18.8 Å². The van der Waals surface area contributed by atoms with Crippen LogP contribution in [0.25, 0.3) is 10.4 Å². The van der Waals surface area contributed by atoms with Crippen molar-refractivity contribution in [3.8, 4) is 11.8 Å². The summed E-state index contributed by atoms with van der Waals surface area (Å²) in [5.74, 6) is 5.79. The summed E-state index contributed by atoms with van der Waals surface area (Å²) in [6, 6.07) is 1.65. The predicted octanol–water partition coefficient (Wildman–Crippen LogP) is 1.22. The molecule has 1 aromatic rings. The number of azide groups is 1. The number of nitrogen functional groups attached to an aromatic ring is 2. The highest BCUT2D eigenvalue weighted by Crippen LogP contribution is 2.15. The molecular formula is C9H10N6. The smallest absolute Gasteiger partial charge is 0.146 e. The molecule has 6 heteroatoms. The van der Waals surface area contributed by atoms with Gasteiger partial charge in [-0.05, 0) is 18.5 Å². The van der Waals surface area contributed by atoms with Crippen LogP contribution in [0.1, 0.15) is 11.3 Å². The Bertz CT molecular complexity index is 475. The van der Waals surface area contributed by atoms with Gasteiger partial charge in [0.05, 0.1) is 17.9 Å². The average Bonchev–Trinajstić information content (AvgIpc) is 2.20. The molecule has 1 heterocycles. The minimum atomic E-state index is 0.125. The first kappa shape index (κ1) is 10.7. The number of hydrogen-bond donors (Lipinski definition) is 2. The third kappa shape index (κ3) is 2.79. The molecule has 0 amide bonds. The number of anilines is 2. The molecule has 0 fully saturated rings. The summed E-state index contributed by atoms with van der Waals surface area (Å²) in [6.45, 7) is 1.91. The molecule has 4 N–H and O–H groups in total. The lowest BCUT2D eigenvalue weighted by Gasteiger charge is -2.02. The van der Waals surface area contributed by atoms with Crippen molar-refractivity contribution in [2.45, 2.75) is 6.92 Å². The number of rotatable bonds is 1. The molecule has 15 heavy (non-hydrogen) atoms. The minimum Gasteiger partial charge on any atom is -0.396 e. The van der Waals surface area contributed by atoms with Crippen LogP contribution in [0.3, 0.4) is 0 Å². The van der Waals surface area contributed by atoms with Crippen LogP contribution in [0.5, 0.6) is 0 Å². The van der Waals surface area contributed by atoms with Crippen molar-refractivity contribution in [1.29, 1.82) is 0 Å². The zero-order chi connectivity index (χ0) is 11.3. The summed E-state index contributed by atoms with van der Waals surface area (Å²) in [4.78, 5) is 6.60. The molecule has 0 unspecified atom stereocenters. The lowest BCUT2D eigenvalue weighted by atomic mass is 10.2. The number of aromatic nitrogens is 1. The van der Waals surface area contributed by atoms with E-state index < -0.39 is 0 Å². The molecule has 0 saturated heterocycles. The third-order valence-electron chi connectivity index (χ3n) is 1.71. The highest BCUT2D eigenvalue weighted by Gasteiger charge is 2.01. The molecule has 1 rings (SSSR count). The Morgan fingerprint density at radius 2 is 2.33 bits per heavy atom. The average molecular weight is 202 g/mol. The van der Waals surface area contributed by atoms with Gasteiger partial charge in [-0.15, -0.1) is 0 Å². The second-order valence-corrected chi connectivity index (χ2v) is 2.79. The molecule has 1 aromatic heterocycles. The molecule has 76 valence electrons. The molecule has 0 saturated carbocycles. The van der Waals surface area contributed by atoms with E-state index in [2.05, 4.69) is 26.9 Å². The highest BCUT2D eigenvalue weighted by molar-refractivity contribution is 5.62. The third-order valence-corrected chi connectivity index (χ3v) is 1.71. The van der Waals surface area contributed by atoms with Gasteiger partial charge in [0.2, 0.25) is 0 Å². The molecule has 0 radical (unpaired) electrons. The Morgan fingerprint density at radius 3 is 3.00 bits per heavy atom. The van der Waals surface area contributed by atoms with Gasteiger partial charge in [-0.3, -0.25) is 0 Å². The van der Waals surface area contributed by atoms with E-state index in [1.807, 2.05) is 0 Å². The molecule has 0 bridgehead atoms. The van der Waals surface area contributed by atoms with Gasteiger partial charge < -0.3 is 11.5 Å². The Morgan fingerprint density at radius 1 is 1.60 bits per heavy atom.